The largest absolute Gasteiger partial charge is 0.391 e. The summed E-state index contributed by atoms with van der Waals surface area (Å²) in [6, 6.07) is 0.897. The summed E-state index contributed by atoms with van der Waals surface area (Å²) < 4.78 is 6.25. The fourth-order valence-electron chi connectivity index (χ4n) is 5.85. The lowest BCUT2D eigenvalue weighted by atomic mass is 9.66. The Balaban J connectivity index is 1.50. The summed E-state index contributed by atoms with van der Waals surface area (Å²) in [7, 11) is 2.02. The zero-order valence-electron chi connectivity index (χ0n) is 17.6. The van der Waals surface area contributed by atoms with Crippen LogP contribution in [0.15, 0.2) is 11.6 Å². The molecule has 1 aliphatic carbocycles. The van der Waals surface area contributed by atoms with Crippen LogP contribution >= 0.6 is 0 Å². The monoisotopic (exact) mass is 393 g/mol. The van der Waals surface area contributed by atoms with E-state index >= 15 is 0 Å². The number of aliphatic hydroxyl groups is 1. The van der Waals surface area contributed by atoms with Gasteiger partial charge in [0, 0.05) is 37.7 Å². The van der Waals surface area contributed by atoms with Crippen LogP contribution in [0, 0.1) is 17.8 Å². The van der Waals surface area contributed by atoms with Crippen molar-refractivity contribution in [3.63, 3.8) is 0 Å². The van der Waals surface area contributed by atoms with Crippen LogP contribution in [0.4, 0.5) is 0 Å². The van der Waals surface area contributed by atoms with Gasteiger partial charge < -0.3 is 20.5 Å². The van der Waals surface area contributed by atoms with E-state index in [1.54, 1.807) is 0 Å². The van der Waals surface area contributed by atoms with Crippen LogP contribution < -0.4 is 26.6 Å². The molecule has 28 heavy (non-hydrogen) atoms. The van der Waals surface area contributed by atoms with Crippen molar-refractivity contribution in [3.8, 4) is 0 Å². The Bertz CT molecular complexity index is 559. The summed E-state index contributed by atoms with van der Waals surface area (Å²) in [6.45, 7) is 7.01. The van der Waals surface area contributed by atoms with Crippen molar-refractivity contribution in [3.05, 3.63) is 11.6 Å². The predicted octanol–water partition coefficient (Wildman–Crippen LogP) is 0.0868. The Morgan fingerprint density at radius 2 is 2.07 bits per heavy atom. The smallest absolute Gasteiger partial charge is 0.113 e. The van der Waals surface area contributed by atoms with Crippen molar-refractivity contribution in [1.29, 1.82) is 0 Å². The molecule has 160 valence electrons. The highest BCUT2D eigenvalue weighted by Crippen LogP contribution is 2.45. The maximum Gasteiger partial charge on any atom is 0.113 e. The van der Waals surface area contributed by atoms with Gasteiger partial charge in [-0.1, -0.05) is 18.6 Å². The first-order valence-electron chi connectivity index (χ1n) is 11.2. The predicted molar refractivity (Wildman–Crippen MR) is 111 cm³/mol. The van der Waals surface area contributed by atoms with Crippen LogP contribution in [-0.2, 0) is 4.74 Å². The lowest BCUT2D eigenvalue weighted by Gasteiger charge is -2.47. The van der Waals surface area contributed by atoms with Crippen LogP contribution in [0.3, 0.4) is 0 Å². The molecule has 0 aromatic rings. The van der Waals surface area contributed by atoms with Gasteiger partial charge in [0.05, 0.1) is 18.4 Å². The average Bonchev–Trinajstić information content (AvgIpc) is 3.01. The Morgan fingerprint density at radius 1 is 1.21 bits per heavy atom. The molecule has 7 heteroatoms. The number of hydrogen-bond acceptors (Lipinski definition) is 7. The maximum absolute atomic E-state index is 10.3. The topological polar surface area (TPSA) is 89.6 Å². The minimum atomic E-state index is -0.298. The maximum atomic E-state index is 10.3. The third-order valence-electron chi connectivity index (χ3n) is 7.30. The average molecular weight is 394 g/mol. The molecule has 9 atom stereocenters. The molecule has 3 heterocycles. The van der Waals surface area contributed by atoms with Gasteiger partial charge in [0.25, 0.3) is 0 Å². The molecule has 6 N–H and O–H groups in total. The van der Waals surface area contributed by atoms with E-state index in [4.69, 9.17) is 4.74 Å². The first kappa shape index (κ1) is 20.7. The zero-order chi connectivity index (χ0) is 19.7. The van der Waals surface area contributed by atoms with E-state index in [2.05, 4.69) is 46.5 Å². The summed E-state index contributed by atoms with van der Waals surface area (Å²) in [4.78, 5) is 0. The Hall–Kier alpha value is -0.540. The highest BCUT2D eigenvalue weighted by Gasteiger charge is 2.47. The molecular formula is C21H39N5O2. The molecular weight excluding hydrogens is 354 g/mol. The fraction of sp³-hybridized carbons (Fsp3) is 0.905. The van der Waals surface area contributed by atoms with Gasteiger partial charge in [0.15, 0.2) is 0 Å². The van der Waals surface area contributed by atoms with Crippen molar-refractivity contribution >= 4 is 0 Å². The van der Waals surface area contributed by atoms with Gasteiger partial charge in [0.1, 0.15) is 6.29 Å². The van der Waals surface area contributed by atoms with Crippen LogP contribution in [0.25, 0.3) is 0 Å². The van der Waals surface area contributed by atoms with Gasteiger partial charge >= 0.3 is 0 Å². The zero-order valence-corrected chi connectivity index (χ0v) is 17.6. The number of hydrogen-bond donors (Lipinski definition) is 6. The van der Waals surface area contributed by atoms with Crippen molar-refractivity contribution in [2.45, 2.75) is 76.3 Å². The molecule has 4 rings (SSSR count). The summed E-state index contributed by atoms with van der Waals surface area (Å²) in [5, 5.41) is 28.2. The normalized spacial score (nSPS) is 47.3. The minimum Gasteiger partial charge on any atom is -0.391 e. The van der Waals surface area contributed by atoms with E-state index < -0.39 is 0 Å². The van der Waals surface area contributed by atoms with Crippen LogP contribution in [-0.4, -0.2) is 68.6 Å². The van der Waals surface area contributed by atoms with Crippen LogP contribution in [0.2, 0.25) is 0 Å². The van der Waals surface area contributed by atoms with Crippen molar-refractivity contribution in [2.24, 2.45) is 17.8 Å². The number of rotatable bonds is 4. The quantitative estimate of drug-likeness (QED) is 0.377. The van der Waals surface area contributed by atoms with Gasteiger partial charge in [0.2, 0.25) is 0 Å². The van der Waals surface area contributed by atoms with E-state index in [1.165, 1.54) is 5.57 Å². The van der Waals surface area contributed by atoms with Gasteiger partial charge in [-0.2, -0.15) is 0 Å². The van der Waals surface area contributed by atoms with Crippen molar-refractivity contribution in [1.82, 2.24) is 26.6 Å². The lowest BCUT2D eigenvalue weighted by Crippen LogP contribution is -2.69. The molecule has 7 nitrogen and oxygen atoms in total. The Morgan fingerprint density at radius 3 is 2.89 bits per heavy atom. The van der Waals surface area contributed by atoms with Crippen LogP contribution in [0.1, 0.15) is 39.5 Å². The number of β-amino-alcohol motifs (C(OH)–C–C–N with tert-alkyl or cyclic N) is 1. The summed E-state index contributed by atoms with van der Waals surface area (Å²) in [5.74, 6) is 1.45. The molecule has 0 bridgehead atoms. The van der Waals surface area contributed by atoms with Gasteiger partial charge in [-0.25, -0.2) is 0 Å². The molecule has 0 aromatic heterocycles. The third kappa shape index (κ3) is 4.46. The number of fused-ring (bicyclic) bond motifs is 1. The lowest BCUT2D eigenvalue weighted by molar-refractivity contribution is -0.0112. The fourth-order valence-corrected chi connectivity index (χ4v) is 5.85. The molecule has 4 aliphatic rings. The van der Waals surface area contributed by atoms with Crippen molar-refractivity contribution in [2.75, 3.05) is 26.7 Å². The molecule has 0 spiro atoms. The summed E-state index contributed by atoms with van der Waals surface area (Å²) in [5.41, 5.74) is 1.39. The van der Waals surface area contributed by atoms with E-state index in [1.807, 2.05) is 7.05 Å². The molecule has 3 fully saturated rings. The summed E-state index contributed by atoms with van der Waals surface area (Å²) >= 11 is 0. The van der Waals surface area contributed by atoms with Gasteiger partial charge in [-0.05, 0) is 51.5 Å². The molecule has 0 amide bonds. The second kappa shape index (κ2) is 9.08. The Labute approximate surface area is 169 Å². The molecule has 2 saturated heterocycles. The number of nitrogens with one attached hydrogen (secondary N) is 5. The second-order valence-electron chi connectivity index (χ2n) is 9.32. The summed E-state index contributed by atoms with van der Waals surface area (Å²) in [6.07, 6.45) is 6.92. The SMILES string of the molecule is CNC1CC(C)NC(NC2CC3CCOC3C(C3=CCNC[C@@H](O)C3)C2C)N1. The van der Waals surface area contributed by atoms with E-state index in [0.29, 0.717) is 48.7 Å². The van der Waals surface area contributed by atoms with E-state index in [-0.39, 0.29) is 12.4 Å². The van der Waals surface area contributed by atoms with Crippen LogP contribution in [0.5, 0.6) is 0 Å². The second-order valence-corrected chi connectivity index (χ2v) is 9.32. The standard InChI is InChI=1S/C21H39N5O2/c1-12-8-18(22-3)26-21(24-12)25-17-10-15-5-7-28-20(15)19(13(17)2)14-4-6-23-11-16(27)9-14/h4,12-13,15-27H,5-11H2,1-3H3/t12?,13?,15?,16-,17?,18?,19?,20?,21?/m0/s1. The van der Waals surface area contributed by atoms with Crippen molar-refractivity contribution < 1.29 is 9.84 Å². The molecule has 0 aromatic carbocycles. The Kier molecular flexibility index (Phi) is 6.72. The first-order valence-corrected chi connectivity index (χ1v) is 11.2. The van der Waals surface area contributed by atoms with Gasteiger partial charge in [-0.15, -0.1) is 0 Å². The van der Waals surface area contributed by atoms with Gasteiger partial charge in [-0.3, -0.25) is 16.0 Å². The molecule has 0 radical (unpaired) electrons. The number of aliphatic hydroxyl groups excluding tert-OH is 1. The van der Waals surface area contributed by atoms with E-state index in [9.17, 15) is 5.11 Å². The van der Waals surface area contributed by atoms with E-state index in [0.717, 1.165) is 38.8 Å². The molecule has 1 saturated carbocycles. The minimum absolute atomic E-state index is 0.114. The third-order valence-corrected chi connectivity index (χ3v) is 7.30. The first-order chi connectivity index (χ1) is 13.5. The number of ether oxygens (including phenoxy) is 1. The molecule has 8 unspecified atom stereocenters. The highest BCUT2D eigenvalue weighted by atomic mass is 16.5. The molecule has 3 aliphatic heterocycles. The highest BCUT2D eigenvalue weighted by molar-refractivity contribution is 5.18.